The number of benzene rings is 2. The first-order valence-corrected chi connectivity index (χ1v) is 13.0. The Balaban J connectivity index is 1.26. The molecule has 0 radical (unpaired) electrons. The topological polar surface area (TPSA) is 43.9 Å². The van der Waals surface area contributed by atoms with Crippen LogP contribution in [0, 0.1) is 6.92 Å². The van der Waals surface area contributed by atoms with Crippen LogP contribution in [0.15, 0.2) is 66.0 Å². The van der Waals surface area contributed by atoms with Crippen molar-refractivity contribution in [3.05, 3.63) is 93.2 Å². The lowest BCUT2D eigenvalue weighted by Gasteiger charge is -2.37. The van der Waals surface area contributed by atoms with Gasteiger partial charge in [-0.2, -0.15) is 0 Å². The number of fused-ring (bicyclic) bond motifs is 1. The minimum atomic E-state index is 0.0551. The molecular formula is C28H31N3O2S. The number of nitrogens with zero attached hydrogens (tertiary/aromatic N) is 3. The fraction of sp³-hybridized carbons (Fsp3) is 0.357. The molecule has 3 heterocycles. The fourth-order valence-electron chi connectivity index (χ4n) is 5.09. The molecule has 0 N–H and O–H groups in total. The third kappa shape index (κ3) is 4.79. The lowest BCUT2D eigenvalue weighted by Crippen LogP contribution is -2.45. The predicted molar refractivity (Wildman–Crippen MR) is 136 cm³/mol. The van der Waals surface area contributed by atoms with Gasteiger partial charge in [-0.3, -0.25) is 14.5 Å². The summed E-state index contributed by atoms with van der Waals surface area (Å²) in [6.07, 6.45) is 1.79. The van der Waals surface area contributed by atoms with Crippen molar-refractivity contribution in [3.8, 4) is 0 Å². The highest BCUT2D eigenvalue weighted by Crippen LogP contribution is 2.37. The minimum Gasteiger partial charge on any atom is -0.340 e. The Morgan fingerprint density at radius 1 is 0.882 bits per heavy atom. The van der Waals surface area contributed by atoms with Crippen LogP contribution in [-0.2, 0) is 11.2 Å². The SMILES string of the molecule is Cc1ccc(C(=O)N2CCCN(C(=O)CN3CCc4sccc4C3c3ccccc3)CC2)cc1. The highest BCUT2D eigenvalue weighted by molar-refractivity contribution is 7.10. The Labute approximate surface area is 205 Å². The Hall–Kier alpha value is -2.96. The van der Waals surface area contributed by atoms with Crippen molar-refractivity contribution >= 4 is 23.2 Å². The normalized spacial score (nSPS) is 18.9. The van der Waals surface area contributed by atoms with E-state index < -0.39 is 0 Å². The first kappa shape index (κ1) is 22.8. The van der Waals surface area contributed by atoms with E-state index in [0.29, 0.717) is 32.7 Å². The molecule has 2 aliphatic rings. The van der Waals surface area contributed by atoms with E-state index in [0.717, 1.165) is 30.5 Å². The number of thiophene rings is 1. The van der Waals surface area contributed by atoms with Gasteiger partial charge in [0.15, 0.2) is 0 Å². The number of carbonyl (C=O) groups is 2. The van der Waals surface area contributed by atoms with Crippen LogP contribution < -0.4 is 0 Å². The average Bonchev–Trinajstić information content (AvgIpc) is 3.20. The van der Waals surface area contributed by atoms with Gasteiger partial charge in [-0.05, 0) is 54.5 Å². The molecule has 1 saturated heterocycles. The van der Waals surface area contributed by atoms with Crippen molar-refractivity contribution in [1.29, 1.82) is 0 Å². The maximum Gasteiger partial charge on any atom is 0.253 e. The van der Waals surface area contributed by atoms with Gasteiger partial charge >= 0.3 is 0 Å². The van der Waals surface area contributed by atoms with Crippen LogP contribution in [0.2, 0.25) is 0 Å². The number of hydrogen-bond donors (Lipinski definition) is 0. The van der Waals surface area contributed by atoms with E-state index in [1.165, 1.54) is 16.0 Å². The molecule has 5 rings (SSSR count). The molecule has 34 heavy (non-hydrogen) atoms. The van der Waals surface area contributed by atoms with Gasteiger partial charge in [-0.15, -0.1) is 11.3 Å². The summed E-state index contributed by atoms with van der Waals surface area (Å²) in [6.45, 7) is 5.85. The summed E-state index contributed by atoms with van der Waals surface area (Å²) in [5.74, 6) is 0.212. The van der Waals surface area contributed by atoms with Crippen molar-refractivity contribution < 1.29 is 9.59 Å². The molecule has 0 bridgehead atoms. The van der Waals surface area contributed by atoms with Crippen molar-refractivity contribution in [2.75, 3.05) is 39.3 Å². The highest BCUT2D eigenvalue weighted by atomic mass is 32.1. The van der Waals surface area contributed by atoms with Gasteiger partial charge in [0, 0.05) is 43.2 Å². The van der Waals surface area contributed by atoms with Crippen LogP contribution in [0.1, 0.15) is 44.4 Å². The summed E-state index contributed by atoms with van der Waals surface area (Å²) in [5.41, 5.74) is 4.43. The molecule has 1 atom stereocenters. The maximum atomic E-state index is 13.4. The second kappa shape index (κ2) is 10.1. The standard InChI is InChI=1S/C28H31N3O2S/c1-21-8-10-23(11-9-21)28(33)30-15-5-14-29(17-18-30)26(32)20-31-16-12-25-24(13-19-34-25)27(31)22-6-3-2-4-7-22/h2-4,6-11,13,19,27H,5,12,14-18,20H2,1H3. The monoisotopic (exact) mass is 473 g/mol. The summed E-state index contributed by atoms with van der Waals surface area (Å²) in [7, 11) is 0. The first-order valence-electron chi connectivity index (χ1n) is 12.1. The van der Waals surface area contributed by atoms with Gasteiger partial charge < -0.3 is 9.80 Å². The Bertz CT molecular complexity index is 1140. The average molecular weight is 474 g/mol. The third-order valence-corrected chi connectivity index (χ3v) is 7.95. The second-order valence-electron chi connectivity index (χ2n) is 9.23. The third-order valence-electron chi connectivity index (χ3n) is 6.95. The largest absolute Gasteiger partial charge is 0.340 e. The van der Waals surface area contributed by atoms with Gasteiger partial charge in [0.25, 0.3) is 5.91 Å². The van der Waals surface area contributed by atoms with Crippen LogP contribution in [0.3, 0.4) is 0 Å². The molecule has 1 fully saturated rings. The van der Waals surface area contributed by atoms with Crippen molar-refractivity contribution in [1.82, 2.24) is 14.7 Å². The number of hydrogen-bond acceptors (Lipinski definition) is 4. The Morgan fingerprint density at radius 2 is 1.62 bits per heavy atom. The zero-order chi connectivity index (χ0) is 23.5. The molecule has 1 aromatic heterocycles. The Kier molecular flexibility index (Phi) is 6.79. The molecule has 3 aromatic rings. The quantitative estimate of drug-likeness (QED) is 0.565. The summed E-state index contributed by atoms with van der Waals surface area (Å²) in [6, 6.07) is 20.6. The lowest BCUT2D eigenvalue weighted by molar-refractivity contribution is -0.132. The first-order chi connectivity index (χ1) is 16.6. The van der Waals surface area contributed by atoms with E-state index >= 15 is 0 Å². The van der Waals surface area contributed by atoms with Crippen molar-refractivity contribution in [2.24, 2.45) is 0 Å². The number of amides is 2. The summed E-state index contributed by atoms with van der Waals surface area (Å²) >= 11 is 1.82. The van der Waals surface area contributed by atoms with Crippen LogP contribution in [0.4, 0.5) is 0 Å². The molecule has 2 aromatic carbocycles. The summed E-state index contributed by atoms with van der Waals surface area (Å²) < 4.78 is 0. The van der Waals surface area contributed by atoms with Gasteiger partial charge in [0.2, 0.25) is 5.91 Å². The molecular weight excluding hydrogens is 442 g/mol. The van der Waals surface area contributed by atoms with Crippen LogP contribution in [-0.4, -0.2) is 65.8 Å². The smallest absolute Gasteiger partial charge is 0.253 e. The zero-order valence-corrected chi connectivity index (χ0v) is 20.5. The molecule has 6 heteroatoms. The highest BCUT2D eigenvalue weighted by Gasteiger charge is 2.32. The predicted octanol–water partition coefficient (Wildman–Crippen LogP) is 4.38. The Morgan fingerprint density at radius 3 is 2.41 bits per heavy atom. The van der Waals surface area contributed by atoms with Crippen molar-refractivity contribution in [2.45, 2.75) is 25.8 Å². The minimum absolute atomic E-state index is 0.0551. The molecule has 1 unspecified atom stereocenters. The van der Waals surface area contributed by atoms with E-state index in [-0.39, 0.29) is 17.9 Å². The van der Waals surface area contributed by atoms with Crippen LogP contribution >= 0.6 is 11.3 Å². The molecule has 2 aliphatic heterocycles. The van der Waals surface area contributed by atoms with Gasteiger partial charge in [-0.25, -0.2) is 0 Å². The van der Waals surface area contributed by atoms with E-state index in [1.807, 2.05) is 58.4 Å². The van der Waals surface area contributed by atoms with Crippen LogP contribution in [0.5, 0.6) is 0 Å². The molecule has 2 amide bonds. The van der Waals surface area contributed by atoms with Crippen molar-refractivity contribution in [3.63, 3.8) is 0 Å². The molecule has 0 saturated carbocycles. The van der Waals surface area contributed by atoms with E-state index in [1.54, 1.807) is 0 Å². The van der Waals surface area contributed by atoms with Crippen LogP contribution in [0.25, 0.3) is 0 Å². The lowest BCUT2D eigenvalue weighted by atomic mass is 9.93. The molecule has 0 spiro atoms. The number of rotatable bonds is 4. The van der Waals surface area contributed by atoms with Gasteiger partial charge in [0.1, 0.15) is 0 Å². The maximum absolute atomic E-state index is 13.4. The van der Waals surface area contributed by atoms with Gasteiger partial charge in [0.05, 0.1) is 12.6 Å². The number of carbonyl (C=O) groups excluding carboxylic acids is 2. The molecule has 176 valence electrons. The van der Waals surface area contributed by atoms with E-state index in [2.05, 4.69) is 40.6 Å². The second-order valence-corrected chi connectivity index (χ2v) is 10.2. The summed E-state index contributed by atoms with van der Waals surface area (Å²) in [4.78, 5) is 34.0. The zero-order valence-electron chi connectivity index (χ0n) is 19.7. The molecule has 5 nitrogen and oxygen atoms in total. The fourth-order valence-corrected chi connectivity index (χ4v) is 5.99. The summed E-state index contributed by atoms with van der Waals surface area (Å²) in [5, 5.41) is 2.17. The van der Waals surface area contributed by atoms with E-state index in [9.17, 15) is 9.59 Å². The van der Waals surface area contributed by atoms with E-state index in [4.69, 9.17) is 0 Å². The molecule has 0 aliphatic carbocycles. The van der Waals surface area contributed by atoms with Gasteiger partial charge in [-0.1, -0.05) is 48.0 Å². The number of aryl methyl sites for hydroxylation is 1.